The second-order valence-corrected chi connectivity index (χ2v) is 5.74. The summed E-state index contributed by atoms with van der Waals surface area (Å²) in [6, 6.07) is 3.54. The van der Waals surface area contributed by atoms with E-state index in [2.05, 4.69) is 17.2 Å². The molecule has 0 spiro atoms. The number of thiophene rings is 1. The average Bonchev–Trinajstić information content (AvgIpc) is 3.12. The van der Waals surface area contributed by atoms with Gasteiger partial charge in [0.05, 0.1) is 22.5 Å². The van der Waals surface area contributed by atoms with Crippen LogP contribution in [-0.4, -0.2) is 36.9 Å². The molecule has 1 aliphatic carbocycles. The molecule has 1 saturated carbocycles. The standard InChI is InChI=1S/C15H19NO3S/c17-10-3-6-13-7-8-14(20-13)15(18)16-9-11-19-12-4-1-2-5-12/h7-8,12,17H,1-2,4-5,9-11H2,(H,16,18). The van der Waals surface area contributed by atoms with Gasteiger partial charge in [-0.1, -0.05) is 24.7 Å². The van der Waals surface area contributed by atoms with E-state index in [0.29, 0.717) is 24.1 Å². The molecule has 0 atom stereocenters. The Kier molecular flexibility index (Phi) is 6.06. The molecule has 0 bridgehead atoms. The Morgan fingerprint density at radius 3 is 3.00 bits per heavy atom. The van der Waals surface area contributed by atoms with E-state index in [-0.39, 0.29) is 12.5 Å². The normalized spacial score (nSPS) is 14.8. The summed E-state index contributed by atoms with van der Waals surface area (Å²) in [4.78, 5) is 13.3. The molecule has 0 radical (unpaired) electrons. The van der Waals surface area contributed by atoms with E-state index in [4.69, 9.17) is 9.84 Å². The van der Waals surface area contributed by atoms with Crippen molar-refractivity contribution in [2.75, 3.05) is 19.8 Å². The predicted molar refractivity (Wildman–Crippen MR) is 78.8 cm³/mol. The number of aliphatic hydroxyl groups excluding tert-OH is 1. The lowest BCUT2D eigenvalue weighted by molar-refractivity contribution is 0.0582. The van der Waals surface area contributed by atoms with Crippen LogP contribution in [0.2, 0.25) is 0 Å². The van der Waals surface area contributed by atoms with Crippen molar-refractivity contribution in [3.05, 3.63) is 21.9 Å². The number of carbonyl (C=O) groups excluding carboxylic acids is 1. The molecule has 20 heavy (non-hydrogen) atoms. The van der Waals surface area contributed by atoms with Crippen LogP contribution in [0, 0.1) is 11.8 Å². The van der Waals surface area contributed by atoms with Gasteiger partial charge in [-0.05, 0) is 25.0 Å². The first-order valence-electron chi connectivity index (χ1n) is 6.89. The summed E-state index contributed by atoms with van der Waals surface area (Å²) < 4.78 is 5.69. The number of nitrogens with one attached hydrogen (secondary N) is 1. The number of rotatable bonds is 5. The molecule has 5 heteroatoms. The minimum atomic E-state index is -0.169. The second-order valence-electron chi connectivity index (χ2n) is 4.66. The molecule has 1 amide bonds. The number of amides is 1. The van der Waals surface area contributed by atoms with Gasteiger partial charge in [0.1, 0.15) is 6.61 Å². The number of carbonyl (C=O) groups is 1. The molecule has 0 aromatic carbocycles. The van der Waals surface area contributed by atoms with Crippen molar-refractivity contribution in [3.63, 3.8) is 0 Å². The zero-order valence-electron chi connectivity index (χ0n) is 11.4. The maximum absolute atomic E-state index is 11.9. The molecule has 0 saturated heterocycles. The molecule has 1 fully saturated rings. The highest BCUT2D eigenvalue weighted by Crippen LogP contribution is 2.20. The van der Waals surface area contributed by atoms with Crippen molar-refractivity contribution in [2.24, 2.45) is 0 Å². The Morgan fingerprint density at radius 2 is 2.25 bits per heavy atom. The zero-order valence-corrected chi connectivity index (χ0v) is 12.2. The monoisotopic (exact) mass is 293 g/mol. The van der Waals surface area contributed by atoms with Crippen molar-refractivity contribution in [3.8, 4) is 11.8 Å². The molecule has 2 N–H and O–H groups in total. The van der Waals surface area contributed by atoms with E-state index in [1.165, 1.54) is 24.2 Å². The van der Waals surface area contributed by atoms with Crippen LogP contribution in [0.15, 0.2) is 12.1 Å². The van der Waals surface area contributed by atoms with E-state index in [1.54, 1.807) is 12.1 Å². The maximum Gasteiger partial charge on any atom is 0.261 e. The van der Waals surface area contributed by atoms with Crippen molar-refractivity contribution < 1.29 is 14.6 Å². The SMILES string of the molecule is O=C(NCCOC1CCCC1)c1ccc(C#CCO)s1. The van der Waals surface area contributed by atoms with Crippen LogP contribution in [0.25, 0.3) is 0 Å². The van der Waals surface area contributed by atoms with Crippen molar-refractivity contribution in [2.45, 2.75) is 31.8 Å². The molecule has 0 aliphatic heterocycles. The summed E-state index contributed by atoms with van der Waals surface area (Å²) in [5.41, 5.74) is 0. The third-order valence-corrected chi connectivity index (χ3v) is 4.16. The molecule has 2 rings (SSSR count). The van der Waals surface area contributed by atoms with Crippen LogP contribution in [0.4, 0.5) is 0 Å². The van der Waals surface area contributed by atoms with Crippen molar-refractivity contribution >= 4 is 17.2 Å². The summed E-state index contributed by atoms with van der Waals surface area (Å²) in [7, 11) is 0. The molecule has 1 aromatic heterocycles. The van der Waals surface area contributed by atoms with E-state index < -0.39 is 0 Å². The fourth-order valence-electron chi connectivity index (χ4n) is 2.19. The van der Waals surface area contributed by atoms with E-state index >= 15 is 0 Å². The van der Waals surface area contributed by atoms with Gasteiger partial charge in [-0.3, -0.25) is 4.79 Å². The van der Waals surface area contributed by atoms with Crippen LogP contribution in [-0.2, 0) is 4.74 Å². The topological polar surface area (TPSA) is 58.6 Å². The Morgan fingerprint density at radius 1 is 1.45 bits per heavy atom. The van der Waals surface area contributed by atoms with Gasteiger partial charge in [-0.2, -0.15) is 0 Å². The molecular formula is C15H19NO3S. The van der Waals surface area contributed by atoms with E-state index in [9.17, 15) is 4.79 Å². The van der Waals surface area contributed by atoms with Crippen LogP contribution in [0.1, 0.15) is 40.2 Å². The quantitative estimate of drug-likeness (QED) is 0.643. The van der Waals surface area contributed by atoms with Crippen LogP contribution < -0.4 is 5.32 Å². The first-order chi connectivity index (χ1) is 9.79. The van der Waals surface area contributed by atoms with Gasteiger partial charge in [0.15, 0.2) is 0 Å². The Labute approximate surface area is 123 Å². The highest BCUT2D eigenvalue weighted by molar-refractivity contribution is 7.14. The minimum Gasteiger partial charge on any atom is -0.384 e. The highest BCUT2D eigenvalue weighted by atomic mass is 32.1. The number of hydrogen-bond acceptors (Lipinski definition) is 4. The number of ether oxygens (including phenoxy) is 1. The number of aliphatic hydroxyl groups is 1. The summed E-state index contributed by atoms with van der Waals surface area (Å²) in [6.45, 7) is 0.932. The van der Waals surface area contributed by atoms with Gasteiger partial charge in [0.25, 0.3) is 5.91 Å². The predicted octanol–water partition coefficient (Wildman–Crippen LogP) is 1.78. The van der Waals surface area contributed by atoms with Crippen LogP contribution in [0.3, 0.4) is 0 Å². The molecule has 1 heterocycles. The molecule has 1 aromatic rings. The largest absolute Gasteiger partial charge is 0.384 e. The lowest BCUT2D eigenvalue weighted by Gasteiger charge is -2.11. The summed E-state index contributed by atoms with van der Waals surface area (Å²) in [5.74, 6) is 5.26. The Balaban J connectivity index is 1.69. The lowest BCUT2D eigenvalue weighted by atomic mass is 10.3. The third kappa shape index (κ3) is 4.64. The minimum absolute atomic E-state index is 0.0953. The lowest BCUT2D eigenvalue weighted by Crippen LogP contribution is -2.27. The van der Waals surface area contributed by atoms with Gasteiger partial charge >= 0.3 is 0 Å². The highest BCUT2D eigenvalue weighted by Gasteiger charge is 2.15. The first-order valence-corrected chi connectivity index (χ1v) is 7.70. The van der Waals surface area contributed by atoms with Crippen molar-refractivity contribution in [1.82, 2.24) is 5.32 Å². The first kappa shape index (κ1) is 15.0. The fraction of sp³-hybridized carbons (Fsp3) is 0.533. The molecule has 1 aliphatic rings. The van der Waals surface area contributed by atoms with E-state index in [1.807, 2.05) is 0 Å². The van der Waals surface area contributed by atoms with Crippen molar-refractivity contribution in [1.29, 1.82) is 0 Å². The van der Waals surface area contributed by atoms with Crippen LogP contribution >= 0.6 is 11.3 Å². The average molecular weight is 293 g/mol. The Bertz CT molecular complexity index is 495. The summed E-state index contributed by atoms with van der Waals surface area (Å²) in [6.07, 6.45) is 5.18. The van der Waals surface area contributed by atoms with Gasteiger partial charge in [-0.15, -0.1) is 11.3 Å². The van der Waals surface area contributed by atoms with Crippen LogP contribution in [0.5, 0.6) is 0 Å². The van der Waals surface area contributed by atoms with Gasteiger partial charge in [0, 0.05) is 6.54 Å². The summed E-state index contributed by atoms with van der Waals surface area (Å²) >= 11 is 1.33. The fourth-order valence-corrected chi connectivity index (χ4v) is 2.98. The van der Waals surface area contributed by atoms with E-state index in [0.717, 1.165) is 17.7 Å². The molecule has 4 nitrogen and oxygen atoms in total. The summed E-state index contributed by atoms with van der Waals surface area (Å²) in [5, 5.41) is 11.5. The molecule has 0 unspecified atom stereocenters. The molecular weight excluding hydrogens is 274 g/mol. The molecule has 108 valence electrons. The second kappa shape index (κ2) is 8.05. The number of hydrogen-bond donors (Lipinski definition) is 2. The smallest absolute Gasteiger partial charge is 0.261 e. The van der Waals surface area contributed by atoms with Gasteiger partial charge < -0.3 is 15.2 Å². The zero-order chi connectivity index (χ0) is 14.2. The van der Waals surface area contributed by atoms with Gasteiger partial charge in [0.2, 0.25) is 0 Å². The third-order valence-electron chi connectivity index (χ3n) is 3.16. The Hall–Kier alpha value is -1.35. The maximum atomic E-state index is 11.9. The van der Waals surface area contributed by atoms with Gasteiger partial charge in [-0.25, -0.2) is 0 Å².